The Morgan fingerprint density at radius 2 is 1.82 bits per heavy atom. The predicted molar refractivity (Wildman–Crippen MR) is 109 cm³/mol. The molecule has 28 heavy (non-hydrogen) atoms. The van der Waals surface area contributed by atoms with E-state index in [1.165, 1.54) is 11.1 Å². The van der Waals surface area contributed by atoms with Crippen LogP contribution in [0.1, 0.15) is 23.6 Å². The van der Waals surface area contributed by atoms with Gasteiger partial charge >= 0.3 is 0 Å². The maximum absolute atomic E-state index is 11.6. The second-order valence-electron chi connectivity index (χ2n) is 6.34. The monoisotopic (exact) mass is 401 g/mol. The third kappa shape index (κ3) is 7.44. The molecule has 1 fully saturated rings. The standard InChI is InChI=1S/C19H19NO3S.C2H4O2/c1-13-3-2-4-14(11-13)9-10-23-16-7-5-15(6-8-16)12-17-18(21)20-19(22)24-17;1-2(3)4/h2-8,11,17H,9-10,12H2,1H3,(H,20,21,22);1H3,(H,3,4). The summed E-state index contributed by atoms with van der Waals surface area (Å²) in [4.78, 5) is 31.8. The third-order valence-corrected chi connectivity index (χ3v) is 4.83. The topological polar surface area (TPSA) is 92.7 Å². The highest BCUT2D eigenvalue weighted by molar-refractivity contribution is 8.15. The summed E-state index contributed by atoms with van der Waals surface area (Å²) < 4.78 is 5.77. The maximum atomic E-state index is 11.6. The summed E-state index contributed by atoms with van der Waals surface area (Å²) in [5, 5.41) is 9.13. The first-order valence-corrected chi connectivity index (χ1v) is 9.70. The van der Waals surface area contributed by atoms with E-state index in [4.69, 9.17) is 14.6 Å². The summed E-state index contributed by atoms with van der Waals surface area (Å²) >= 11 is 1.05. The van der Waals surface area contributed by atoms with Crippen LogP contribution < -0.4 is 10.1 Å². The van der Waals surface area contributed by atoms with Crippen LogP contribution in [0.2, 0.25) is 0 Å². The normalized spacial score (nSPS) is 15.4. The fourth-order valence-electron chi connectivity index (χ4n) is 2.62. The number of aliphatic carboxylic acids is 1. The number of carboxylic acids is 1. The van der Waals surface area contributed by atoms with Crippen LogP contribution in [-0.2, 0) is 22.4 Å². The highest BCUT2D eigenvalue weighted by atomic mass is 32.2. The average Bonchev–Trinajstić information content (AvgIpc) is 2.93. The molecule has 0 saturated carbocycles. The molecular weight excluding hydrogens is 378 g/mol. The summed E-state index contributed by atoms with van der Waals surface area (Å²) in [6.07, 6.45) is 1.41. The van der Waals surface area contributed by atoms with E-state index in [2.05, 4.69) is 36.5 Å². The number of thioether (sulfide) groups is 1. The zero-order valence-corrected chi connectivity index (χ0v) is 16.6. The van der Waals surface area contributed by atoms with Crippen molar-refractivity contribution in [2.24, 2.45) is 0 Å². The van der Waals surface area contributed by atoms with Crippen molar-refractivity contribution in [1.82, 2.24) is 5.32 Å². The highest BCUT2D eigenvalue weighted by Gasteiger charge is 2.31. The van der Waals surface area contributed by atoms with Crippen molar-refractivity contribution in [2.45, 2.75) is 31.9 Å². The summed E-state index contributed by atoms with van der Waals surface area (Å²) in [6, 6.07) is 16.1. The van der Waals surface area contributed by atoms with Gasteiger partial charge in [-0.25, -0.2) is 0 Å². The largest absolute Gasteiger partial charge is 0.493 e. The summed E-state index contributed by atoms with van der Waals surface area (Å²) in [5.41, 5.74) is 3.54. The van der Waals surface area contributed by atoms with Crippen LogP contribution in [0, 0.1) is 6.92 Å². The fraction of sp³-hybridized carbons (Fsp3) is 0.286. The second kappa shape index (κ2) is 10.5. The molecule has 2 amide bonds. The number of imide groups is 1. The van der Waals surface area contributed by atoms with Crippen LogP contribution in [-0.4, -0.2) is 34.1 Å². The number of benzene rings is 2. The Labute approximate surface area is 168 Å². The molecule has 7 heteroatoms. The first-order valence-electron chi connectivity index (χ1n) is 8.82. The molecule has 1 aliphatic rings. The zero-order valence-electron chi connectivity index (χ0n) is 15.8. The van der Waals surface area contributed by atoms with E-state index in [1.54, 1.807) is 0 Å². The van der Waals surface area contributed by atoms with Gasteiger partial charge in [0.15, 0.2) is 0 Å². The smallest absolute Gasteiger partial charge is 0.300 e. The molecule has 1 aliphatic heterocycles. The Balaban J connectivity index is 0.000000640. The molecule has 0 radical (unpaired) electrons. The number of ether oxygens (including phenoxy) is 1. The summed E-state index contributed by atoms with van der Waals surface area (Å²) in [5.74, 6) is -0.227. The van der Waals surface area contributed by atoms with Gasteiger partial charge in [-0.2, -0.15) is 0 Å². The molecule has 1 unspecified atom stereocenters. The lowest BCUT2D eigenvalue weighted by atomic mass is 10.1. The van der Waals surface area contributed by atoms with E-state index in [0.29, 0.717) is 13.0 Å². The van der Waals surface area contributed by atoms with Crippen molar-refractivity contribution < 1.29 is 24.2 Å². The van der Waals surface area contributed by atoms with Gasteiger partial charge in [-0.1, -0.05) is 53.7 Å². The molecule has 2 aromatic carbocycles. The molecule has 0 bridgehead atoms. The number of hydrogen-bond donors (Lipinski definition) is 2. The fourth-order valence-corrected chi connectivity index (χ4v) is 3.48. The van der Waals surface area contributed by atoms with Crippen LogP contribution in [0.15, 0.2) is 48.5 Å². The van der Waals surface area contributed by atoms with Crippen LogP contribution in [0.25, 0.3) is 0 Å². The third-order valence-electron chi connectivity index (χ3n) is 3.85. The van der Waals surface area contributed by atoms with Gasteiger partial charge in [0, 0.05) is 13.3 Å². The van der Waals surface area contributed by atoms with Gasteiger partial charge in [-0.05, 0) is 36.6 Å². The molecule has 0 spiro atoms. The number of aryl methyl sites for hydroxylation is 1. The van der Waals surface area contributed by atoms with E-state index in [-0.39, 0.29) is 16.4 Å². The second-order valence-corrected chi connectivity index (χ2v) is 7.51. The van der Waals surface area contributed by atoms with Gasteiger partial charge in [-0.15, -0.1) is 0 Å². The first-order chi connectivity index (χ1) is 13.3. The highest BCUT2D eigenvalue weighted by Crippen LogP contribution is 2.23. The molecule has 1 atom stereocenters. The Kier molecular flexibility index (Phi) is 8.07. The predicted octanol–water partition coefficient (Wildman–Crippen LogP) is 3.60. The molecule has 6 nitrogen and oxygen atoms in total. The van der Waals surface area contributed by atoms with E-state index in [9.17, 15) is 9.59 Å². The quantitative estimate of drug-likeness (QED) is 0.768. The molecule has 0 aliphatic carbocycles. The lowest BCUT2D eigenvalue weighted by molar-refractivity contribution is -0.134. The minimum atomic E-state index is -0.833. The van der Waals surface area contributed by atoms with Crippen molar-refractivity contribution in [3.05, 3.63) is 65.2 Å². The SMILES string of the molecule is CC(=O)O.Cc1cccc(CCOc2ccc(CC3SC(=O)NC3=O)cc2)c1. The molecule has 148 valence electrons. The lowest BCUT2D eigenvalue weighted by Gasteiger charge is -2.09. The minimum absolute atomic E-state index is 0.205. The number of rotatable bonds is 6. The van der Waals surface area contributed by atoms with Crippen LogP contribution >= 0.6 is 11.8 Å². The van der Waals surface area contributed by atoms with E-state index in [1.807, 2.05) is 24.3 Å². The van der Waals surface area contributed by atoms with Crippen LogP contribution in [0.3, 0.4) is 0 Å². The molecule has 1 heterocycles. The average molecular weight is 401 g/mol. The molecule has 2 aromatic rings. The lowest BCUT2D eigenvalue weighted by Crippen LogP contribution is -2.25. The Bertz CT molecular complexity index is 831. The van der Waals surface area contributed by atoms with E-state index in [0.717, 1.165) is 36.4 Å². The minimum Gasteiger partial charge on any atom is -0.493 e. The van der Waals surface area contributed by atoms with Crippen LogP contribution in [0.5, 0.6) is 5.75 Å². The van der Waals surface area contributed by atoms with Crippen molar-refractivity contribution >= 4 is 28.9 Å². The molecule has 2 N–H and O–H groups in total. The van der Waals surface area contributed by atoms with Gasteiger partial charge in [0.2, 0.25) is 5.91 Å². The number of hydrogen-bond acceptors (Lipinski definition) is 5. The van der Waals surface area contributed by atoms with Crippen molar-refractivity contribution in [2.75, 3.05) is 6.61 Å². The van der Waals surface area contributed by atoms with Crippen molar-refractivity contribution in [3.8, 4) is 5.75 Å². The van der Waals surface area contributed by atoms with Crippen LogP contribution in [0.4, 0.5) is 4.79 Å². The van der Waals surface area contributed by atoms with Crippen molar-refractivity contribution in [3.63, 3.8) is 0 Å². The number of carbonyl (C=O) groups excluding carboxylic acids is 2. The first kappa shape index (κ1) is 21.5. The Morgan fingerprint density at radius 1 is 1.14 bits per heavy atom. The Morgan fingerprint density at radius 3 is 2.39 bits per heavy atom. The van der Waals surface area contributed by atoms with E-state index < -0.39 is 5.97 Å². The number of amides is 2. The summed E-state index contributed by atoms with van der Waals surface area (Å²) in [7, 11) is 0. The Hall–Kier alpha value is -2.80. The van der Waals surface area contributed by atoms with E-state index >= 15 is 0 Å². The summed E-state index contributed by atoms with van der Waals surface area (Å²) in [6.45, 7) is 3.79. The molecule has 1 saturated heterocycles. The molecule has 3 rings (SSSR count). The number of carboxylic acid groups (broad SMARTS) is 1. The maximum Gasteiger partial charge on any atom is 0.300 e. The van der Waals surface area contributed by atoms with Crippen molar-refractivity contribution in [1.29, 1.82) is 0 Å². The number of carbonyl (C=O) groups is 3. The van der Waals surface area contributed by atoms with Gasteiger partial charge in [0.1, 0.15) is 5.75 Å². The zero-order chi connectivity index (χ0) is 20.5. The van der Waals surface area contributed by atoms with Gasteiger partial charge in [-0.3, -0.25) is 19.7 Å². The number of nitrogens with one attached hydrogen (secondary N) is 1. The van der Waals surface area contributed by atoms with Gasteiger partial charge in [0.25, 0.3) is 11.2 Å². The molecular formula is C21H23NO5S. The van der Waals surface area contributed by atoms with Gasteiger partial charge < -0.3 is 9.84 Å². The molecule has 0 aromatic heterocycles. The van der Waals surface area contributed by atoms with Gasteiger partial charge in [0.05, 0.1) is 11.9 Å².